The molecule has 3 nitrogen and oxygen atoms in total. The summed E-state index contributed by atoms with van der Waals surface area (Å²) in [5.41, 5.74) is 6.94. The molecule has 1 aliphatic rings. The van der Waals surface area contributed by atoms with E-state index in [0.29, 0.717) is 6.54 Å². The van der Waals surface area contributed by atoms with Gasteiger partial charge in [-0.05, 0) is 62.0 Å². The smallest absolute Gasteiger partial charge is 0.406 e. The predicted octanol–water partition coefficient (Wildman–Crippen LogP) is 2.46. The molecular formula is C14H19F3N2O. The normalized spacial score (nSPS) is 18.8. The summed E-state index contributed by atoms with van der Waals surface area (Å²) < 4.78 is 40.1. The first kappa shape index (κ1) is 15.1. The third kappa shape index (κ3) is 4.11. The van der Waals surface area contributed by atoms with Crippen molar-refractivity contribution in [1.29, 1.82) is 0 Å². The second-order valence-corrected chi connectivity index (χ2v) is 5.32. The second-order valence-electron chi connectivity index (χ2n) is 5.32. The van der Waals surface area contributed by atoms with Crippen molar-refractivity contribution in [2.24, 2.45) is 11.1 Å². The first-order valence-electron chi connectivity index (χ1n) is 6.68. The van der Waals surface area contributed by atoms with Gasteiger partial charge in [-0.2, -0.15) is 0 Å². The number of nitrogens with one attached hydrogen (secondary N) is 1. The zero-order valence-corrected chi connectivity index (χ0v) is 11.2. The zero-order chi connectivity index (χ0) is 14.6. The molecule has 3 N–H and O–H groups in total. The van der Waals surface area contributed by atoms with Crippen LogP contribution >= 0.6 is 0 Å². The van der Waals surface area contributed by atoms with Gasteiger partial charge in [0.05, 0.1) is 0 Å². The molecule has 1 fully saturated rings. The van der Waals surface area contributed by atoms with Gasteiger partial charge in [0.1, 0.15) is 5.75 Å². The highest BCUT2D eigenvalue weighted by atomic mass is 19.4. The van der Waals surface area contributed by atoms with Crippen LogP contribution in [0.1, 0.15) is 18.4 Å². The Labute approximate surface area is 116 Å². The van der Waals surface area contributed by atoms with Crippen molar-refractivity contribution in [2.45, 2.75) is 25.6 Å². The molecule has 1 aromatic rings. The van der Waals surface area contributed by atoms with Crippen LogP contribution in [0.25, 0.3) is 0 Å². The largest absolute Gasteiger partial charge is 0.573 e. The van der Waals surface area contributed by atoms with Gasteiger partial charge in [-0.3, -0.25) is 0 Å². The number of hydrogen-bond donors (Lipinski definition) is 2. The lowest BCUT2D eigenvalue weighted by molar-refractivity contribution is -0.274. The van der Waals surface area contributed by atoms with E-state index < -0.39 is 6.36 Å². The minimum atomic E-state index is -4.64. The Hall–Kier alpha value is -1.27. The Morgan fingerprint density at radius 2 is 1.75 bits per heavy atom. The van der Waals surface area contributed by atoms with Crippen LogP contribution in [-0.2, 0) is 6.42 Å². The van der Waals surface area contributed by atoms with Gasteiger partial charge in [0.25, 0.3) is 0 Å². The lowest BCUT2D eigenvalue weighted by Crippen LogP contribution is -2.43. The summed E-state index contributed by atoms with van der Waals surface area (Å²) in [5, 5.41) is 3.29. The lowest BCUT2D eigenvalue weighted by Gasteiger charge is -2.36. The summed E-state index contributed by atoms with van der Waals surface area (Å²) in [6.07, 6.45) is -1.87. The number of nitrogens with two attached hydrogens (primary N) is 1. The van der Waals surface area contributed by atoms with Crippen LogP contribution in [0.4, 0.5) is 13.2 Å². The Bertz CT molecular complexity index is 425. The van der Waals surface area contributed by atoms with Gasteiger partial charge >= 0.3 is 6.36 Å². The number of halogens is 3. The molecule has 0 spiro atoms. The summed E-state index contributed by atoms with van der Waals surface area (Å²) in [5.74, 6) is -0.187. The molecule has 0 radical (unpaired) electrons. The molecule has 0 atom stereocenters. The Morgan fingerprint density at radius 1 is 1.15 bits per heavy atom. The van der Waals surface area contributed by atoms with Crippen molar-refractivity contribution in [2.75, 3.05) is 19.6 Å². The molecule has 0 unspecified atom stereocenters. The highest BCUT2D eigenvalue weighted by Crippen LogP contribution is 2.32. The van der Waals surface area contributed by atoms with E-state index in [4.69, 9.17) is 5.73 Å². The number of hydrogen-bond acceptors (Lipinski definition) is 3. The molecule has 0 aromatic heterocycles. The summed E-state index contributed by atoms with van der Waals surface area (Å²) >= 11 is 0. The van der Waals surface area contributed by atoms with Crippen LogP contribution in [-0.4, -0.2) is 26.0 Å². The molecule has 1 heterocycles. The Morgan fingerprint density at radius 3 is 2.25 bits per heavy atom. The SMILES string of the molecule is NCC1(Cc2ccc(OC(F)(F)F)cc2)CCNCC1. The van der Waals surface area contributed by atoms with Gasteiger partial charge in [0.2, 0.25) is 0 Å². The van der Waals surface area contributed by atoms with Crippen molar-refractivity contribution in [3.63, 3.8) is 0 Å². The molecule has 1 aromatic carbocycles. The maximum atomic E-state index is 12.1. The van der Waals surface area contributed by atoms with Crippen LogP contribution in [0, 0.1) is 5.41 Å². The topological polar surface area (TPSA) is 47.3 Å². The quantitative estimate of drug-likeness (QED) is 0.894. The third-order valence-electron chi connectivity index (χ3n) is 3.83. The van der Waals surface area contributed by atoms with Gasteiger partial charge in [-0.1, -0.05) is 12.1 Å². The van der Waals surface area contributed by atoms with Crippen LogP contribution in [0.15, 0.2) is 24.3 Å². The predicted molar refractivity (Wildman–Crippen MR) is 70.4 cm³/mol. The first-order valence-corrected chi connectivity index (χ1v) is 6.68. The van der Waals surface area contributed by atoms with Crippen molar-refractivity contribution in [3.8, 4) is 5.75 Å². The summed E-state index contributed by atoms with van der Waals surface area (Å²) in [7, 11) is 0. The van der Waals surface area contributed by atoms with Crippen LogP contribution in [0.3, 0.4) is 0 Å². The standard InChI is InChI=1S/C14H19F3N2O/c15-14(16,17)20-12-3-1-11(2-4-12)9-13(10-18)5-7-19-8-6-13/h1-4,19H,5-10,18H2. The number of rotatable bonds is 4. The van der Waals surface area contributed by atoms with E-state index in [1.54, 1.807) is 12.1 Å². The van der Waals surface area contributed by atoms with Gasteiger partial charge in [-0.15, -0.1) is 13.2 Å². The molecule has 112 valence electrons. The van der Waals surface area contributed by atoms with Crippen molar-refractivity contribution in [3.05, 3.63) is 29.8 Å². The maximum Gasteiger partial charge on any atom is 0.573 e. The molecule has 0 saturated carbocycles. The fourth-order valence-corrected chi connectivity index (χ4v) is 2.65. The lowest BCUT2D eigenvalue weighted by atomic mass is 9.74. The summed E-state index contributed by atoms with van der Waals surface area (Å²) in [4.78, 5) is 0. The van der Waals surface area contributed by atoms with Crippen LogP contribution in [0.2, 0.25) is 0 Å². The van der Waals surface area contributed by atoms with E-state index in [2.05, 4.69) is 10.1 Å². The highest BCUT2D eigenvalue weighted by molar-refractivity contribution is 5.28. The Balaban J connectivity index is 2.02. The maximum absolute atomic E-state index is 12.1. The van der Waals surface area contributed by atoms with E-state index in [-0.39, 0.29) is 11.2 Å². The van der Waals surface area contributed by atoms with E-state index in [1.165, 1.54) is 12.1 Å². The monoisotopic (exact) mass is 288 g/mol. The molecule has 0 bridgehead atoms. The average Bonchev–Trinajstić information content (AvgIpc) is 2.40. The third-order valence-corrected chi connectivity index (χ3v) is 3.83. The number of alkyl halides is 3. The van der Waals surface area contributed by atoms with E-state index in [0.717, 1.165) is 37.9 Å². The average molecular weight is 288 g/mol. The van der Waals surface area contributed by atoms with Gasteiger partial charge in [0.15, 0.2) is 0 Å². The zero-order valence-electron chi connectivity index (χ0n) is 11.2. The molecule has 0 amide bonds. The van der Waals surface area contributed by atoms with E-state index in [1.807, 2.05) is 0 Å². The molecular weight excluding hydrogens is 269 g/mol. The highest BCUT2D eigenvalue weighted by Gasteiger charge is 2.32. The molecule has 2 rings (SSSR count). The van der Waals surface area contributed by atoms with Crippen molar-refractivity contribution < 1.29 is 17.9 Å². The van der Waals surface area contributed by atoms with Crippen molar-refractivity contribution in [1.82, 2.24) is 5.32 Å². The van der Waals surface area contributed by atoms with Gasteiger partial charge in [-0.25, -0.2) is 0 Å². The molecule has 1 aliphatic heterocycles. The molecule has 6 heteroatoms. The van der Waals surface area contributed by atoms with Gasteiger partial charge < -0.3 is 15.8 Å². The molecule has 0 aliphatic carbocycles. The fraction of sp³-hybridized carbons (Fsp3) is 0.571. The van der Waals surface area contributed by atoms with Crippen LogP contribution in [0.5, 0.6) is 5.75 Å². The number of benzene rings is 1. The van der Waals surface area contributed by atoms with Crippen LogP contribution < -0.4 is 15.8 Å². The van der Waals surface area contributed by atoms with E-state index >= 15 is 0 Å². The number of piperidine rings is 1. The minimum absolute atomic E-state index is 0.0532. The fourth-order valence-electron chi connectivity index (χ4n) is 2.65. The van der Waals surface area contributed by atoms with Gasteiger partial charge in [0, 0.05) is 0 Å². The molecule has 1 saturated heterocycles. The first-order chi connectivity index (χ1) is 9.42. The van der Waals surface area contributed by atoms with E-state index in [9.17, 15) is 13.2 Å². The minimum Gasteiger partial charge on any atom is -0.406 e. The summed E-state index contributed by atoms with van der Waals surface area (Å²) in [6, 6.07) is 6.07. The summed E-state index contributed by atoms with van der Waals surface area (Å²) in [6.45, 7) is 2.47. The second kappa shape index (κ2) is 6.01. The van der Waals surface area contributed by atoms with Crippen molar-refractivity contribution >= 4 is 0 Å². The molecule has 20 heavy (non-hydrogen) atoms. The number of ether oxygens (including phenoxy) is 1. The Kier molecular flexibility index (Phi) is 4.55.